The zero-order valence-corrected chi connectivity index (χ0v) is 12.1. The third-order valence-corrected chi connectivity index (χ3v) is 3.08. The van der Waals surface area contributed by atoms with Gasteiger partial charge in [0.2, 0.25) is 0 Å². The zero-order chi connectivity index (χ0) is 14.2. The molecular formula is C21H24. The Morgan fingerprint density at radius 1 is 0.429 bits per heavy atom. The van der Waals surface area contributed by atoms with E-state index >= 15 is 0 Å². The first-order valence-corrected chi connectivity index (χ1v) is 7.14. The third kappa shape index (κ3) is 4.32. The molecule has 0 heteroatoms. The van der Waals surface area contributed by atoms with Gasteiger partial charge in [-0.3, -0.25) is 0 Å². The SMILES string of the molecule is C.CC.c1ccc(-c2cccc(-c3ccccc3)c2)cc1. The molecule has 0 amide bonds. The van der Waals surface area contributed by atoms with Gasteiger partial charge in [-0.15, -0.1) is 0 Å². The van der Waals surface area contributed by atoms with Crippen molar-refractivity contribution in [1.82, 2.24) is 0 Å². The Hall–Kier alpha value is -2.34. The molecular weight excluding hydrogens is 252 g/mol. The third-order valence-electron chi connectivity index (χ3n) is 3.08. The van der Waals surface area contributed by atoms with Gasteiger partial charge in [-0.1, -0.05) is 100 Å². The molecule has 0 aliphatic rings. The Kier molecular flexibility index (Phi) is 6.97. The average Bonchev–Trinajstić information content (AvgIpc) is 2.58. The molecule has 0 aliphatic carbocycles. The molecule has 0 heterocycles. The van der Waals surface area contributed by atoms with Gasteiger partial charge in [-0.05, 0) is 28.3 Å². The summed E-state index contributed by atoms with van der Waals surface area (Å²) in [6, 6.07) is 29.6. The van der Waals surface area contributed by atoms with Crippen molar-refractivity contribution in [2.24, 2.45) is 0 Å². The highest BCUT2D eigenvalue weighted by Crippen LogP contribution is 2.25. The van der Waals surface area contributed by atoms with E-state index in [4.69, 9.17) is 0 Å². The summed E-state index contributed by atoms with van der Waals surface area (Å²) in [5, 5.41) is 0. The molecule has 0 saturated heterocycles. The fourth-order valence-electron chi connectivity index (χ4n) is 2.14. The van der Waals surface area contributed by atoms with Crippen molar-refractivity contribution in [2.45, 2.75) is 21.3 Å². The molecule has 0 N–H and O–H groups in total. The molecule has 21 heavy (non-hydrogen) atoms. The second kappa shape index (κ2) is 8.76. The Morgan fingerprint density at radius 3 is 1.14 bits per heavy atom. The normalized spacial score (nSPS) is 9.05. The van der Waals surface area contributed by atoms with E-state index in [-0.39, 0.29) is 7.43 Å². The van der Waals surface area contributed by atoms with E-state index in [0.29, 0.717) is 0 Å². The summed E-state index contributed by atoms with van der Waals surface area (Å²) >= 11 is 0. The minimum absolute atomic E-state index is 0. The molecule has 0 unspecified atom stereocenters. The van der Waals surface area contributed by atoms with E-state index in [2.05, 4.69) is 72.8 Å². The summed E-state index contributed by atoms with van der Waals surface area (Å²) in [5.41, 5.74) is 5.04. The van der Waals surface area contributed by atoms with Crippen molar-refractivity contribution >= 4 is 0 Å². The number of hydrogen-bond donors (Lipinski definition) is 0. The van der Waals surface area contributed by atoms with Crippen LogP contribution in [-0.4, -0.2) is 0 Å². The molecule has 0 atom stereocenters. The van der Waals surface area contributed by atoms with Gasteiger partial charge in [0, 0.05) is 0 Å². The molecule has 3 rings (SSSR count). The molecule has 0 nitrogen and oxygen atoms in total. The topological polar surface area (TPSA) is 0 Å². The molecule has 3 aromatic rings. The molecule has 0 bridgehead atoms. The maximum absolute atomic E-state index is 2.24. The van der Waals surface area contributed by atoms with E-state index < -0.39 is 0 Å². The molecule has 108 valence electrons. The van der Waals surface area contributed by atoms with Gasteiger partial charge in [0.25, 0.3) is 0 Å². The lowest BCUT2D eigenvalue weighted by molar-refractivity contribution is 1.50. The van der Waals surface area contributed by atoms with Crippen molar-refractivity contribution in [3.05, 3.63) is 84.9 Å². The summed E-state index contributed by atoms with van der Waals surface area (Å²) in [4.78, 5) is 0. The summed E-state index contributed by atoms with van der Waals surface area (Å²) in [5.74, 6) is 0. The van der Waals surface area contributed by atoms with Gasteiger partial charge in [-0.25, -0.2) is 0 Å². The largest absolute Gasteiger partial charge is 0.0776 e. The summed E-state index contributed by atoms with van der Waals surface area (Å²) in [6.07, 6.45) is 0. The lowest BCUT2D eigenvalue weighted by Gasteiger charge is -2.05. The number of hydrogen-bond acceptors (Lipinski definition) is 0. The van der Waals surface area contributed by atoms with Crippen molar-refractivity contribution in [3.63, 3.8) is 0 Å². The first kappa shape index (κ1) is 16.7. The molecule has 0 radical (unpaired) electrons. The van der Waals surface area contributed by atoms with Crippen LogP contribution in [0.15, 0.2) is 84.9 Å². The lowest BCUT2D eigenvalue weighted by Crippen LogP contribution is -1.80. The number of rotatable bonds is 2. The summed E-state index contributed by atoms with van der Waals surface area (Å²) in [7, 11) is 0. The molecule has 0 fully saturated rings. The minimum Gasteiger partial charge on any atom is -0.0776 e. The van der Waals surface area contributed by atoms with Crippen LogP contribution in [0.4, 0.5) is 0 Å². The standard InChI is InChI=1S/C18H14.C2H6.CH4/c1-3-8-15(9-4-1)17-12-7-13-18(14-17)16-10-5-2-6-11-16;1-2;/h1-14H;1-2H3;1H4. The van der Waals surface area contributed by atoms with Crippen LogP contribution in [0.3, 0.4) is 0 Å². The summed E-state index contributed by atoms with van der Waals surface area (Å²) < 4.78 is 0. The molecule has 3 aromatic carbocycles. The maximum Gasteiger partial charge on any atom is -0.0178 e. The van der Waals surface area contributed by atoms with E-state index in [9.17, 15) is 0 Å². The lowest BCUT2D eigenvalue weighted by atomic mass is 9.99. The van der Waals surface area contributed by atoms with Gasteiger partial charge in [0.1, 0.15) is 0 Å². The van der Waals surface area contributed by atoms with Crippen LogP contribution in [0.5, 0.6) is 0 Å². The van der Waals surface area contributed by atoms with Crippen LogP contribution in [0.1, 0.15) is 21.3 Å². The van der Waals surface area contributed by atoms with Crippen LogP contribution < -0.4 is 0 Å². The second-order valence-electron chi connectivity index (χ2n) is 4.31. The highest BCUT2D eigenvalue weighted by molar-refractivity contribution is 5.72. The van der Waals surface area contributed by atoms with Crippen LogP contribution in [-0.2, 0) is 0 Å². The Labute approximate surface area is 129 Å². The average molecular weight is 276 g/mol. The quantitative estimate of drug-likeness (QED) is 0.489. The van der Waals surface area contributed by atoms with Crippen LogP contribution >= 0.6 is 0 Å². The first-order valence-electron chi connectivity index (χ1n) is 7.14. The van der Waals surface area contributed by atoms with Crippen molar-refractivity contribution in [1.29, 1.82) is 0 Å². The van der Waals surface area contributed by atoms with E-state index in [0.717, 1.165) is 0 Å². The van der Waals surface area contributed by atoms with E-state index in [1.54, 1.807) is 0 Å². The fraction of sp³-hybridized carbons (Fsp3) is 0.143. The smallest absolute Gasteiger partial charge is 0.0178 e. The molecule has 0 spiro atoms. The van der Waals surface area contributed by atoms with E-state index in [1.807, 2.05) is 26.0 Å². The highest BCUT2D eigenvalue weighted by atomic mass is 14.0. The Morgan fingerprint density at radius 2 is 0.762 bits per heavy atom. The van der Waals surface area contributed by atoms with Gasteiger partial charge in [-0.2, -0.15) is 0 Å². The fourth-order valence-corrected chi connectivity index (χ4v) is 2.14. The maximum atomic E-state index is 2.24. The second-order valence-corrected chi connectivity index (χ2v) is 4.31. The van der Waals surface area contributed by atoms with E-state index in [1.165, 1.54) is 22.3 Å². The van der Waals surface area contributed by atoms with Crippen LogP contribution in [0.25, 0.3) is 22.3 Å². The first-order chi connectivity index (χ1) is 9.93. The monoisotopic (exact) mass is 276 g/mol. The van der Waals surface area contributed by atoms with Crippen molar-refractivity contribution in [3.8, 4) is 22.3 Å². The molecule has 0 aliphatic heterocycles. The predicted octanol–water partition coefficient (Wildman–Crippen LogP) is 6.68. The minimum atomic E-state index is 0. The Bertz CT molecular complexity index is 570. The Balaban J connectivity index is 0.000000706. The van der Waals surface area contributed by atoms with Crippen LogP contribution in [0, 0.1) is 0 Å². The zero-order valence-electron chi connectivity index (χ0n) is 12.1. The van der Waals surface area contributed by atoms with Gasteiger partial charge >= 0.3 is 0 Å². The highest BCUT2D eigenvalue weighted by Gasteiger charge is 2.00. The van der Waals surface area contributed by atoms with Crippen molar-refractivity contribution < 1.29 is 0 Å². The van der Waals surface area contributed by atoms with Gasteiger partial charge in [0.15, 0.2) is 0 Å². The molecule has 0 saturated carbocycles. The predicted molar refractivity (Wildman–Crippen MR) is 95.4 cm³/mol. The van der Waals surface area contributed by atoms with Crippen molar-refractivity contribution in [2.75, 3.05) is 0 Å². The number of benzene rings is 3. The summed E-state index contributed by atoms with van der Waals surface area (Å²) in [6.45, 7) is 4.00. The van der Waals surface area contributed by atoms with Gasteiger partial charge < -0.3 is 0 Å². The van der Waals surface area contributed by atoms with Gasteiger partial charge in [0.05, 0.1) is 0 Å². The molecule has 0 aromatic heterocycles. The van der Waals surface area contributed by atoms with Crippen LogP contribution in [0.2, 0.25) is 0 Å².